The summed E-state index contributed by atoms with van der Waals surface area (Å²) in [6, 6.07) is 0.0775. The van der Waals surface area contributed by atoms with Crippen LogP contribution in [-0.4, -0.2) is 29.6 Å². The van der Waals surface area contributed by atoms with Gasteiger partial charge in [-0.15, -0.1) is 0 Å². The molecule has 1 aliphatic heterocycles. The summed E-state index contributed by atoms with van der Waals surface area (Å²) >= 11 is 0. The fourth-order valence-electron chi connectivity index (χ4n) is 3.55. The van der Waals surface area contributed by atoms with Crippen molar-refractivity contribution in [1.82, 2.24) is 10.2 Å². The third-order valence-electron chi connectivity index (χ3n) is 4.70. The lowest BCUT2D eigenvalue weighted by Crippen LogP contribution is -2.43. The lowest BCUT2D eigenvalue weighted by molar-refractivity contribution is -0.131. The van der Waals surface area contributed by atoms with E-state index in [-0.39, 0.29) is 12.2 Å². The van der Waals surface area contributed by atoms with Crippen molar-refractivity contribution in [3.8, 4) is 0 Å². The predicted molar refractivity (Wildman–Crippen MR) is 78.7 cm³/mol. The Morgan fingerprint density at radius 3 is 2.58 bits per heavy atom. The summed E-state index contributed by atoms with van der Waals surface area (Å²) in [7, 11) is 0. The summed E-state index contributed by atoms with van der Waals surface area (Å²) in [5, 5.41) is 3.58. The number of carbonyl (C=O) groups is 1. The molecule has 1 aliphatic carbocycles. The third-order valence-corrected chi connectivity index (χ3v) is 4.70. The Morgan fingerprint density at radius 2 is 2.00 bits per heavy atom. The Bertz CT molecular complexity index is 297. The molecular weight excluding hydrogens is 236 g/mol. The first-order chi connectivity index (χ1) is 9.13. The van der Waals surface area contributed by atoms with Crippen LogP contribution in [0.3, 0.4) is 0 Å². The number of rotatable bonds is 6. The van der Waals surface area contributed by atoms with Crippen molar-refractivity contribution in [2.75, 3.05) is 6.54 Å². The number of amides is 1. The first-order valence-corrected chi connectivity index (χ1v) is 8.20. The van der Waals surface area contributed by atoms with Gasteiger partial charge in [0.1, 0.15) is 0 Å². The second-order valence-corrected chi connectivity index (χ2v) is 6.69. The zero-order valence-electron chi connectivity index (χ0n) is 12.8. The number of hydrogen-bond donors (Lipinski definition) is 1. The highest BCUT2D eigenvalue weighted by Gasteiger charge is 2.40. The van der Waals surface area contributed by atoms with E-state index in [0.717, 1.165) is 25.3 Å². The SMILES string of the molecule is CCCCC1NC(C(C)C)N(CC2CCCC2)C1=O. The summed E-state index contributed by atoms with van der Waals surface area (Å²) in [5.41, 5.74) is 0. The monoisotopic (exact) mass is 266 g/mol. The van der Waals surface area contributed by atoms with Gasteiger partial charge in [-0.1, -0.05) is 46.5 Å². The molecule has 2 rings (SSSR count). The molecule has 19 heavy (non-hydrogen) atoms. The van der Waals surface area contributed by atoms with Crippen molar-refractivity contribution in [1.29, 1.82) is 0 Å². The van der Waals surface area contributed by atoms with Gasteiger partial charge >= 0.3 is 0 Å². The van der Waals surface area contributed by atoms with Crippen molar-refractivity contribution in [2.24, 2.45) is 11.8 Å². The maximum atomic E-state index is 12.6. The molecule has 1 N–H and O–H groups in total. The Hall–Kier alpha value is -0.570. The lowest BCUT2D eigenvalue weighted by Gasteiger charge is -2.29. The molecule has 2 unspecified atom stereocenters. The number of unbranched alkanes of at least 4 members (excludes halogenated alkanes) is 1. The Kier molecular flexibility index (Phi) is 5.26. The summed E-state index contributed by atoms with van der Waals surface area (Å²) in [6.07, 6.45) is 8.90. The van der Waals surface area contributed by atoms with Crippen LogP contribution < -0.4 is 5.32 Å². The molecule has 3 nitrogen and oxygen atoms in total. The highest BCUT2D eigenvalue weighted by Crippen LogP contribution is 2.29. The van der Waals surface area contributed by atoms with Crippen LogP contribution in [0, 0.1) is 11.8 Å². The molecule has 1 saturated carbocycles. The Labute approximate surface area is 118 Å². The van der Waals surface area contributed by atoms with Gasteiger partial charge in [-0.25, -0.2) is 0 Å². The molecular formula is C16H30N2O. The molecule has 3 heteroatoms. The van der Waals surface area contributed by atoms with Crippen molar-refractivity contribution >= 4 is 5.91 Å². The second-order valence-electron chi connectivity index (χ2n) is 6.69. The van der Waals surface area contributed by atoms with E-state index in [0.29, 0.717) is 11.8 Å². The second kappa shape index (κ2) is 6.74. The zero-order valence-corrected chi connectivity index (χ0v) is 12.8. The van der Waals surface area contributed by atoms with E-state index >= 15 is 0 Å². The molecule has 0 aromatic rings. The summed E-state index contributed by atoms with van der Waals surface area (Å²) < 4.78 is 0. The van der Waals surface area contributed by atoms with E-state index in [9.17, 15) is 4.79 Å². The quantitative estimate of drug-likeness (QED) is 0.801. The van der Waals surface area contributed by atoms with Crippen LogP contribution in [-0.2, 0) is 4.79 Å². The van der Waals surface area contributed by atoms with E-state index in [4.69, 9.17) is 0 Å². The lowest BCUT2D eigenvalue weighted by atomic mass is 10.1. The minimum atomic E-state index is 0.0775. The van der Waals surface area contributed by atoms with E-state index in [1.807, 2.05) is 0 Å². The number of hydrogen-bond acceptors (Lipinski definition) is 2. The van der Waals surface area contributed by atoms with Crippen molar-refractivity contribution in [3.63, 3.8) is 0 Å². The maximum Gasteiger partial charge on any atom is 0.241 e. The fraction of sp³-hybridized carbons (Fsp3) is 0.938. The first kappa shape index (κ1) is 14.8. The Balaban J connectivity index is 1.98. The van der Waals surface area contributed by atoms with E-state index < -0.39 is 0 Å². The molecule has 2 fully saturated rings. The van der Waals surface area contributed by atoms with Gasteiger partial charge in [0, 0.05) is 6.54 Å². The van der Waals surface area contributed by atoms with Crippen LogP contribution in [0.15, 0.2) is 0 Å². The summed E-state index contributed by atoms with van der Waals surface area (Å²) in [4.78, 5) is 14.7. The molecule has 1 heterocycles. The number of nitrogens with one attached hydrogen (secondary N) is 1. The van der Waals surface area contributed by atoms with Crippen LogP contribution in [0.5, 0.6) is 0 Å². The average molecular weight is 266 g/mol. The van der Waals surface area contributed by atoms with Gasteiger partial charge in [0.15, 0.2) is 0 Å². The minimum absolute atomic E-state index is 0.0775. The van der Waals surface area contributed by atoms with Crippen molar-refractivity contribution in [2.45, 2.75) is 77.9 Å². The first-order valence-electron chi connectivity index (χ1n) is 8.20. The topological polar surface area (TPSA) is 32.3 Å². The van der Waals surface area contributed by atoms with Crippen molar-refractivity contribution < 1.29 is 4.79 Å². The van der Waals surface area contributed by atoms with E-state index in [1.165, 1.54) is 32.1 Å². The van der Waals surface area contributed by atoms with Gasteiger partial charge in [0.2, 0.25) is 5.91 Å². The van der Waals surface area contributed by atoms with Crippen LogP contribution in [0.2, 0.25) is 0 Å². The summed E-state index contributed by atoms with van der Waals surface area (Å²) in [6.45, 7) is 7.61. The van der Waals surface area contributed by atoms with Gasteiger partial charge in [-0.2, -0.15) is 0 Å². The average Bonchev–Trinajstić information content (AvgIpc) is 2.98. The molecule has 1 saturated heterocycles. The van der Waals surface area contributed by atoms with E-state index in [2.05, 4.69) is 31.0 Å². The molecule has 1 amide bonds. The molecule has 2 aliphatic rings. The third kappa shape index (κ3) is 3.50. The van der Waals surface area contributed by atoms with Crippen LogP contribution >= 0.6 is 0 Å². The predicted octanol–water partition coefficient (Wildman–Crippen LogP) is 3.15. The molecule has 0 radical (unpaired) electrons. The molecule has 0 aromatic heterocycles. The van der Waals surface area contributed by atoms with Crippen LogP contribution in [0.4, 0.5) is 0 Å². The standard InChI is InChI=1S/C16H30N2O/c1-4-5-10-14-16(19)18(15(17-14)12(2)3)11-13-8-6-7-9-13/h12-15,17H,4-11H2,1-3H3. The van der Waals surface area contributed by atoms with Gasteiger partial charge in [0.05, 0.1) is 12.2 Å². The van der Waals surface area contributed by atoms with Gasteiger partial charge < -0.3 is 4.90 Å². The zero-order chi connectivity index (χ0) is 13.8. The van der Waals surface area contributed by atoms with Crippen LogP contribution in [0.25, 0.3) is 0 Å². The summed E-state index contributed by atoms with van der Waals surface area (Å²) in [5.74, 6) is 1.60. The molecule has 0 bridgehead atoms. The van der Waals surface area contributed by atoms with Gasteiger partial charge in [-0.3, -0.25) is 10.1 Å². The van der Waals surface area contributed by atoms with Crippen LogP contribution in [0.1, 0.15) is 65.7 Å². The van der Waals surface area contributed by atoms with E-state index in [1.54, 1.807) is 0 Å². The van der Waals surface area contributed by atoms with Gasteiger partial charge in [-0.05, 0) is 31.1 Å². The largest absolute Gasteiger partial charge is 0.325 e. The highest BCUT2D eigenvalue weighted by atomic mass is 16.2. The number of carbonyl (C=O) groups excluding carboxylic acids is 1. The fourth-order valence-corrected chi connectivity index (χ4v) is 3.55. The molecule has 110 valence electrons. The Morgan fingerprint density at radius 1 is 1.32 bits per heavy atom. The molecule has 0 spiro atoms. The molecule has 0 aromatic carbocycles. The number of nitrogens with zero attached hydrogens (tertiary/aromatic N) is 1. The maximum absolute atomic E-state index is 12.6. The normalized spacial score (nSPS) is 28.8. The smallest absolute Gasteiger partial charge is 0.241 e. The highest BCUT2D eigenvalue weighted by molar-refractivity contribution is 5.84. The van der Waals surface area contributed by atoms with Crippen molar-refractivity contribution in [3.05, 3.63) is 0 Å². The van der Waals surface area contributed by atoms with Gasteiger partial charge in [0.25, 0.3) is 0 Å². The minimum Gasteiger partial charge on any atom is -0.325 e. The molecule has 2 atom stereocenters.